The average Bonchev–Trinajstić information content (AvgIpc) is 3.20. The molecule has 0 aliphatic rings. The molecule has 9 heteroatoms. The molecule has 7 nitrogen and oxygen atoms in total. The molecule has 0 aliphatic carbocycles. The Morgan fingerprint density at radius 1 is 1.19 bits per heavy atom. The monoisotopic (exact) mass is 440 g/mol. The van der Waals surface area contributed by atoms with Crippen LogP contribution in [0.15, 0.2) is 65.7 Å². The molecule has 2 heterocycles. The van der Waals surface area contributed by atoms with E-state index in [4.69, 9.17) is 16.3 Å². The Labute approximate surface area is 181 Å². The minimum atomic E-state index is -0.700. The quantitative estimate of drug-likeness (QED) is 0.498. The number of nitrogens with zero attached hydrogens (tertiary/aromatic N) is 3. The normalized spacial score (nSPS) is 10.9. The maximum absolute atomic E-state index is 13.9. The lowest BCUT2D eigenvalue weighted by Crippen LogP contribution is -2.31. The molecule has 4 rings (SSSR count). The van der Waals surface area contributed by atoms with Crippen molar-refractivity contribution in [2.75, 3.05) is 13.7 Å². The summed E-state index contributed by atoms with van der Waals surface area (Å²) < 4.78 is 22.0. The van der Waals surface area contributed by atoms with Gasteiger partial charge in [0.15, 0.2) is 0 Å². The molecule has 1 N–H and O–H groups in total. The molecule has 0 unspecified atom stereocenters. The Balaban J connectivity index is 1.50. The van der Waals surface area contributed by atoms with Crippen molar-refractivity contribution >= 4 is 23.0 Å². The third-order valence-electron chi connectivity index (χ3n) is 4.82. The molecule has 2 aromatic heterocycles. The molecular weight excluding hydrogens is 423 g/mol. The first-order valence-corrected chi connectivity index (χ1v) is 9.81. The van der Waals surface area contributed by atoms with Crippen molar-refractivity contribution in [2.24, 2.45) is 0 Å². The number of ether oxygens (including phenoxy) is 1. The molecule has 158 valence electrons. The second-order valence-electron chi connectivity index (χ2n) is 6.74. The van der Waals surface area contributed by atoms with E-state index in [0.717, 1.165) is 11.3 Å². The summed E-state index contributed by atoms with van der Waals surface area (Å²) in [6.07, 6.45) is 3.25. The van der Waals surface area contributed by atoms with Gasteiger partial charge in [-0.2, -0.15) is 5.10 Å². The van der Waals surface area contributed by atoms with Gasteiger partial charge in [-0.05, 0) is 42.5 Å². The average molecular weight is 441 g/mol. The molecule has 31 heavy (non-hydrogen) atoms. The number of amides is 1. The lowest BCUT2D eigenvalue weighted by molar-refractivity contribution is 0.0948. The number of hydrogen-bond acceptors (Lipinski definition) is 4. The Hall–Kier alpha value is -3.65. The van der Waals surface area contributed by atoms with Gasteiger partial charge in [-0.15, -0.1) is 0 Å². The number of methoxy groups -OCH3 is 1. The second-order valence-corrected chi connectivity index (χ2v) is 7.14. The van der Waals surface area contributed by atoms with Crippen LogP contribution in [0.1, 0.15) is 10.4 Å². The van der Waals surface area contributed by atoms with Crippen LogP contribution in [0.2, 0.25) is 5.02 Å². The van der Waals surface area contributed by atoms with Gasteiger partial charge in [0.2, 0.25) is 0 Å². The number of halogens is 2. The van der Waals surface area contributed by atoms with E-state index >= 15 is 0 Å². The largest absolute Gasteiger partial charge is 0.497 e. The number of aromatic nitrogens is 3. The molecule has 2 aromatic carbocycles. The van der Waals surface area contributed by atoms with Crippen LogP contribution in [-0.2, 0) is 6.54 Å². The summed E-state index contributed by atoms with van der Waals surface area (Å²) in [5.41, 5.74) is 1.43. The predicted molar refractivity (Wildman–Crippen MR) is 115 cm³/mol. The van der Waals surface area contributed by atoms with Gasteiger partial charge in [0, 0.05) is 31.0 Å². The van der Waals surface area contributed by atoms with E-state index in [0.29, 0.717) is 11.2 Å². The van der Waals surface area contributed by atoms with Gasteiger partial charge in [-0.1, -0.05) is 17.7 Å². The number of carbonyl (C=O) groups excluding carboxylic acids is 1. The van der Waals surface area contributed by atoms with Crippen molar-refractivity contribution in [1.29, 1.82) is 0 Å². The summed E-state index contributed by atoms with van der Waals surface area (Å²) in [5.74, 6) is -0.606. The number of rotatable bonds is 6. The highest BCUT2D eigenvalue weighted by Gasteiger charge is 2.15. The third kappa shape index (κ3) is 4.15. The summed E-state index contributed by atoms with van der Waals surface area (Å²) in [6, 6.07) is 13.1. The minimum absolute atomic E-state index is 0.0291. The maximum atomic E-state index is 13.9. The fraction of sp³-hybridized carbons (Fsp3) is 0.136. The zero-order valence-electron chi connectivity index (χ0n) is 16.5. The van der Waals surface area contributed by atoms with Crippen LogP contribution in [-0.4, -0.2) is 33.7 Å². The smallest absolute Gasteiger partial charge is 0.276 e. The highest BCUT2D eigenvalue weighted by molar-refractivity contribution is 6.33. The van der Waals surface area contributed by atoms with E-state index in [9.17, 15) is 14.0 Å². The van der Waals surface area contributed by atoms with E-state index in [1.165, 1.54) is 27.3 Å². The summed E-state index contributed by atoms with van der Waals surface area (Å²) >= 11 is 5.91. The Bertz CT molecular complexity index is 1290. The van der Waals surface area contributed by atoms with Crippen molar-refractivity contribution in [2.45, 2.75) is 6.54 Å². The van der Waals surface area contributed by atoms with E-state index in [1.807, 2.05) is 24.3 Å². The van der Waals surface area contributed by atoms with E-state index in [1.54, 1.807) is 25.6 Å². The van der Waals surface area contributed by atoms with Crippen molar-refractivity contribution in [3.05, 3.63) is 87.7 Å². The Kier molecular flexibility index (Phi) is 5.73. The van der Waals surface area contributed by atoms with Crippen molar-refractivity contribution in [1.82, 2.24) is 19.5 Å². The van der Waals surface area contributed by atoms with E-state index in [-0.39, 0.29) is 29.2 Å². The fourth-order valence-corrected chi connectivity index (χ4v) is 3.45. The van der Waals surface area contributed by atoms with Crippen LogP contribution in [0.3, 0.4) is 0 Å². The summed E-state index contributed by atoms with van der Waals surface area (Å²) in [4.78, 5) is 25.0. The number of benzene rings is 2. The van der Waals surface area contributed by atoms with Gasteiger partial charge in [-0.25, -0.2) is 8.91 Å². The molecule has 0 saturated carbocycles. The van der Waals surface area contributed by atoms with Crippen molar-refractivity contribution in [3.8, 4) is 17.0 Å². The first-order valence-electron chi connectivity index (χ1n) is 9.43. The van der Waals surface area contributed by atoms with Crippen LogP contribution in [0.5, 0.6) is 5.75 Å². The molecular formula is C22H18ClFN4O3. The molecule has 0 fully saturated rings. The summed E-state index contributed by atoms with van der Waals surface area (Å²) in [6.45, 7) is 0.329. The predicted octanol–water partition coefficient (Wildman–Crippen LogP) is 3.39. The Morgan fingerprint density at radius 2 is 1.97 bits per heavy atom. The zero-order valence-corrected chi connectivity index (χ0v) is 17.3. The van der Waals surface area contributed by atoms with E-state index < -0.39 is 11.7 Å². The van der Waals surface area contributed by atoms with Crippen molar-refractivity contribution in [3.63, 3.8) is 0 Å². The first-order chi connectivity index (χ1) is 15.0. The Morgan fingerprint density at radius 3 is 2.68 bits per heavy atom. The minimum Gasteiger partial charge on any atom is -0.497 e. The van der Waals surface area contributed by atoms with Crippen LogP contribution in [0.25, 0.3) is 16.8 Å². The highest BCUT2D eigenvalue weighted by atomic mass is 35.5. The SMILES string of the molecule is COc1ccc(-c2cc3c(=O)n(CCNC(=O)c4c(F)cccc4Cl)ccn3n2)cc1. The lowest BCUT2D eigenvalue weighted by Gasteiger charge is -2.09. The standard InChI is InChI=1S/C22H18ClFN4O3/c1-31-15-7-5-14(6-8-15)18-13-19-22(30)27(11-12-28(19)26-18)10-9-25-21(29)20-16(23)3-2-4-17(20)24/h2-8,11-13H,9-10H2,1H3,(H,25,29). The molecule has 0 aliphatic heterocycles. The molecule has 1 amide bonds. The van der Waals surface area contributed by atoms with Crippen molar-refractivity contribution < 1.29 is 13.9 Å². The zero-order chi connectivity index (χ0) is 22.0. The summed E-state index contributed by atoms with van der Waals surface area (Å²) in [7, 11) is 1.59. The van der Waals surface area contributed by atoms with Gasteiger partial charge in [-0.3, -0.25) is 9.59 Å². The molecule has 0 spiro atoms. The lowest BCUT2D eigenvalue weighted by atomic mass is 10.1. The van der Waals surface area contributed by atoms with Crippen LogP contribution >= 0.6 is 11.6 Å². The molecule has 0 bridgehead atoms. The van der Waals surface area contributed by atoms with Crippen LogP contribution in [0.4, 0.5) is 4.39 Å². The first kappa shape index (κ1) is 20.6. The van der Waals surface area contributed by atoms with Gasteiger partial charge < -0.3 is 14.6 Å². The second kappa shape index (κ2) is 8.61. The van der Waals surface area contributed by atoms with Gasteiger partial charge in [0.25, 0.3) is 11.5 Å². The summed E-state index contributed by atoms with van der Waals surface area (Å²) in [5, 5.41) is 7.06. The van der Waals surface area contributed by atoms with E-state index in [2.05, 4.69) is 10.4 Å². The molecule has 0 atom stereocenters. The highest BCUT2D eigenvalue weighted by Crippen LogP contribution is 2.22. The molecule has 0 radical (unpaired) electrons. The van der Waals surface area contributed by atoms with Gasteiger partial charge in [0.1, 0.15) is 17.1 Å². The van der Waals surface area contributed by atoms with Crippen LogP contribution in [0, 0.1) is 5.82 Å². The molecule has 0 saturated heterocycles. The third-order valence-corrected chi connectivity index (χ3v) is 5.13. The number of carbonyl (C=O) groups is 1. The molecule has 4 aromatic rings. The van der Waals surface area contributed by atoms with Gasteiger partial charge in [0.05, 0.1) is 23.4 Å². The topological polar surface area (TPSA) is 77.6 Å². The number of hydrogen-bond donors (Lipinski definition) is 1. The maximum Gasteiger partial charge on any atom is 0.276 e. The number of fused-ring (bicyclic) bond motifs is 1. The van der Waals surface area contributed by atoms with Crippen LogP contribution < -0.4 is 15.6 Å². The fourth-order valence-electron chi connectivity index (χ4n) is 3.20. The number of nitrogens with one attached hydrogen (secondary N) is 1. The van der Waals surface area contributed by atoms with Gasteiger partial charge >= 0.3 is 0 Å².